The first-order valence-corrected chi connectivity index (χ1v) is 10.5. The van der Waals surface area contributed by atoms with Gasteiger partial charge in [-0.25, -0.2) is 0 Å². The molecule has 4 nitrogen and oxygen atoms in total. The summed E-state index contributed by atoms with van der Waals surface area (Å²) in [6.07, 6.45) is 11.9. The van der Waals surface area contributed by atoms with Gasteiger partial charge in [-0.05, 0) is 44.0 Å². The minimum atomic E-state index is -0.0922. The zero-order valence-electron chi connectivity index (χ0n) is 17.0. The minimum Gasteiger partial charge on any atom is -0.326 e. The molecule has 0 fully saturated rings. The van der Waals surface area contributed by atoms with Crippen LogP contribution in [0.5, 0.6) is 0 Å². The molecule has 0 saturated heterocycles. The van der Waals surface area contributed by atoms with E-state index >= 15 is 0 Å². The van der Waals surface area contributed by atoms with Crippen LogP contribution in [0.3, 0.4) is 0 Å². The second kappa shape index (κ2) is 14.1. The van der Waals surface area contributed by atoms with Crippen LogP contribution >= 0.6 is 0 Å². The molecule has 0 saturated carbocycles. The molecule has 1 N–H and O–H groups in total. The van der Waals surface area contributed by atoms with E-state index in [9.17, 15) is 14.4 Å². The smallest absolute Gasteiger partial charge is 0.224 e. The van der Waals surface area contributed by atoms with Gasteiger partial charge in [-0.2, -0.15) is 0 Å². The fourth-order valence-electron chi connectivity index (χ4n) is 3.04. The maximum atomic E-state index is 11.9. The monoisotopic (exact) mass is 373 g/mol. The van der Waals surface area contributed by atoms with Crippen LogP contribution in [0.25, 0.3) is 0 Å². The van der Waals surface area contributed by atoms with Crippen molar-refractivity contribution in [2.45, 2.75) is 90.9 Å². The molecule has 4 heteroatoms. The molecular formula is C23H35NO3. The number of anilines is 1. The normalized spacial score (nSPS) is 10.6. The average molecular weight is 374 g/mol. The largest absolute Gasteiger partial charge is 0.326 e. The number of Topliss-reactive ketones (excluding diaryl/α,β-unsaturated/α-hetero) is 2. The van der Waals surface area contributed by atoms with Gasteiger partial charge in [0, 0.05) is 30.5 Å². The van der Waals surface area contributed by atoms with Crippen molar-refractivity contribution in [3.8, 4) is 0 Å². The van der Waals surface area contributed by atoms with Crippen LogP contribution in [-0.2, 0) is 9.59 Å². The summed E-state index contributed by atoms with van der Waals surface area (Å²) in [4.78, 5) is 35.1. The fourth-order valence-corrected chi connectivity index (χ4v) is 3.04. The number of rotatable bonds is 15. The van der Waals surface area contributed by atoms with Crippen molar-refractivity contribution < 1.29 is 14.4 Å². The van der Waals surface area contributed by atoms with E-state index in [0.717, 1.165) is 12.8 Å². The van der Waals surface area contributed by atoms with Gasteiger partial charge >= 0.3 is 0 Å². The molecule has 1 aromatic carbocycles. The summed E-state index contributed by atoms with van der Waals surface area (Å²) in [5.74, 6) is 0.174. The van der Waals surface area contributed by atoms with Crippen molar-refractivity contribution in [2.75, 3.05) is 5.32 Å². The molecular weight excluding hydrogens is 338 g/mol. The topological polar surface area (TPSA) is 63.2 Å². The Kier molecular flexibility index (Phi) is 12.1. The number of amides is 1. The predicted octanol–water partition coefficient (Wildman–Crippen LogP) is 6.10. The number of hydrogen-bond donors (Lipinski definition) is 1. The van der Waals surface area contributed by atoms with Gasteiger partial charge in [-0.3, -0.25) is 14.4 Å². The minimum absolute atomic E-state index is 0.00267. The highest BCUT2D eigenvalue weighted by molar-refractivity contribution is 5.95. The lowest BCUT2D eigenvalue weighted by Crippen LogP contribution is -2.12. The van der Waals surface area contributed by atoms with Crippen LogP contribution < -0.4 is 5.32 Å². The van der Waals surface area contributed by atoms with E-state index in [4.69, 9.17) is 0 Å². The Morgan fingerprint density at radius 1 is 0.741 bits per heavy atom. The number of unbranched alkanes of at least 4 members (excludes halogenated alkanes) is 7. The Labute approximate surface area is 164 Å². The second-order valence-corrected chi connectivity index (χ2v) is 7.30. The molecule has 0 radical (unpaired) electrons. The maximum Gasteiger partial charge on any atom is 0.224 e. The van der Waals surface area contributed by atoms with E-state index in [2.05, 4.69) is 12.2 Å². The second-order valence-electron chi connectivity index (χ2n) is 7.30. The van der Waals surface area contributed by atoms with E-state index in [1.807, 2.05) is 0 Å². The van der Waals surface area contributed by atoms with Crippen molar-refractivity contribution in [1.29, 1.82) is 0 Å². The lowest BCUT2D eigenvalue weighted by molar-refractivity contribution is -0.119. The zero-order valence-corrected chi connectivity index (χ0v) is 17.0. The molecule has 0 aliphatic rings. The third-order valence-electron chi connectivity index (χ3n) is 4.74. The Hall–Kier alpha value is -1.97. The molecule has 0 heterocycles. The molecule has 150 valence electrons. The Bertz CT molecular complexity index is 578. The summed E-state index contributed by atoms with van der Waals surface area (Å²) in [6.45, 7) is 3.74. The lowest BCUT2D eigenvalue weighted by atomic mass is 10.0. The van der Waals surface area contributed by atoms with Crippen molar-refractivity contribution in [1.82, 2.24) is 0 Å². The standard InChI is InChI=1S/C23H35NO3/c1-3-4-5-6-7-8-9-10-12-22(26)13-11-14-23(27)24-21-17-15-20(16-18-21)19(2)25/h15-18H,3-14H2,1-2H3,(H,24,27). The lowest BCUT2D eigenvalue weighted by Gasteiger charge is -2.06. The molecule has 27 heavy (non-hydrogen) atoms. The number of ketones is 2. The third kappa shape index (κ3) is 11.4. The van der Waals surface area contributed by atoms with Gasteiger partial charge in [0.15, 0.2) is 5.78 Å². The first kappa shape index (κ1) is 23.1. The highest BCUT2D eigenvalue weighted by Crippen LogP contribution is 2.13. The van der Waals surface area contributed by atoms with E-state index in [0.29, 0.717) is 36.9 Å². The molecule has 0 atom stereocenters. The van der Waals surface area contributed by atoms with Crippen LogP contribution in [0.15, 0.2) is 24.3 Å². The first-order chi connectivity index (χ1) is 13.0. The summed E-state index contributed by atoms with van der Waals surface area (Å²) in [6, 6.07) is 6.85. The number of hydrogen-bond acceptors (Lipinski definition) is 3. The van der Waals surface area contributed by atoms with Crippen molar-refractivity contribution in [3.63, 3.8) is 0 Å². The maximum absolute atomic E-state index is 11.9. The number of nitrogens with one attached hydrogen (secondary N) is 1. The molecule has 0 aromatic heterocycles. The van der Waals surface area contributed by atoms with Crippen LogP contribution in [0.2, 0.25) is 0 Å². The summed E-state index contributed by atoms with van der Waals surface area (Å²) < 4.78 is 0. The van der Waals surface area contributed by atoms with Crippen molar-refractivity contribution in [3.05, 3.63) is 29.8 Å². The summed E-state index contributed by atoms with van der Waals surface area (Å²) >= 11 is 0. The summed E-state index contributed by atoms with van der Waals surface area (Å²) in [5.41, 5.74) is 1.30. The van der Waals surface area contributed by atoms with Crippen LogP contribution in [0, 0.1) is 0 Å². The number of benzene rings is 1. The molecule has 0 aliphatic carbocycles. The zero-order chi connectivity index (χ0) is 19.9. The first-order valence-electron chi connectivity index (χ1n) is 10.5. The van der Waals surface area contributed by atoms with Gasteiger partial charge in [0.2, 0.25) is 5.91 Å². The molecule has 1 rings (SSSR count). The molecule has 0 bridgehead atoms. The van der Waals surface area contributed by atoms with Gasteiger partial charge in [0.1, 0.15) is 5.78 Å². The fraction of sp³-hybridized carbons (Fsp3) is 0.609. The molecule has 0 aliphatic heterocycles. The van der Waals surface area contributed by atoms with E-state index < -0.39 is 0 Å². The highest BCUT2D eigenvalue weighted by Gasteiger charge is 2.07. The molecule has 1 amide bonds. The van der Waals surface area contributed by atoms with E-state index in [-0.39, 0.29) is 17.5 Å². The SMILES string of the molecule is CCCCCCCCCCC(=O)CCCC(=O)Nc1ccc(C(C)=O)cc1. The van der Waals surface area contributed by atoms with Gasteiger partial charge in [0.05, 0.1) is 0 Å². The quantitative estimate of drug-likeness (QED) is 0.298. The van der Waals surface area contributed by atoms with E-state index in [1.54, 1.807) is 24.3 Å². The van der Waals surface area contributed by atoms with Crippen molar-refractivity contribution >= 4 is 23.2 Å². The van der Waals surface area contributed by atoms with Crippen LogP contribution in [0.4, 0.5) is 5.69 Å². The van der Waals surface area contributed by atoms with Gasteiger partial charge < -0.3 is 5.32 Å². The van der Waals surface area contributed by atoms with E-state index in [1.165, 1.54) is 45.4 Å². The number of carbonyl (C=O) groups is 3. The van der Waals surface area contributed by atoms with Crippen LogP contribution in [-0.4, -0.2) is 17.5 Å². The summed E-state index contributed by atoms with van der Waals surface area (Å²) in [7, 11) is 0. The van der Waals surface area contributed by atoms with Crippen LogP contribution in [0.1, 0.15) is 101 Å². The Morgan fingerprint density at radius 2 is 1.30 bits per heavy atom. The van der Waals surface area contributed by atoms with Gasteiger partial charge in [-0.1, -0.05) is 51.9 Å². The molecule has 1 aromatic rings. The summed E-state index contributed by atoms with van der Waals surface area (Å²) in [5, 5.41) is 2.80. The molecule has 0 spiro atoms. The molecule has 0 unspecified atom stereocenters. The van der Waals surface area contributed by atoms with Crippen molar-refractivity contribution in [2.24, 2.45) is 0 Å². The van der Waals surface area contributed by atoms with Gasteiger partial charge in [-0.15, -0.1) is 0 Å². The Balaban J connectivity index is 2.06. The predicted molar refractivity (Wildman–Crippen MR) is 111 cm³/mol. The Morgan fingerprint density at radius 3 is 1.89 bits per heavy atom. The average Bonchev–Trinajstić information content (AvgIpc) is 2.64. The number of carbonyl (C=O) groups excluding carboxylic acids is 3. The van der Waals surface area contributed by atoms with Gasteiger partial charge in [0.25, 0.3) is 0 Å². The third-order valence-corrected chi connectivity index (χ3v) is 4.74. The highest BCUT2D eigenvalue weighted by atomic mass is 16.1.